The molecule has 0 spiro atoms. The van der Waals surface area contributed by atoms with E-state index in [4.69, 9.17) is 4.74 Å². The Bertz CT molecular complexity index is 1160. The number of rotatable bonds is 5. The van der Waals surface area contributed by atoms with Gasteiger partial charge in [-0.1, -0.05) is 18.2 Å². The summed E-state index contributed by atoms with van der Waals surface area (Å²) in [5, 5.41) is 15.0. The molecule has 0 saturated heterocycles. The summed E-state index contributed by atoms with van der Waals surface area (Å²) in [6.07, 6.45) is 0. The molecule has 0 saturated carbocycles. The number of hydrogen-bond acceptors (Lipinski definition) is 5. The van der Waals surface area contributed by atoms with Gasteiger partial charge in [0.1, 0.15) is 23.1 Å². The van der Waals surface area contributed by atoms with Crippen LogP contribution in [0, 0.1) is 18.6 Å². The second-order valence-corrected chi connectivity index (χ2v) is 6.51. The molecule has 2 heterocycles. The van der Waals surface area contributed by atoms with E-state index in [-0.39, 0.29) is 29.6 Å². The number of benzene rings is 2. The fourth-order valence-electron chi connectivity index (χ4n) is 3.20. The van der Waals surface area contributed by atoms with Gasteiger partial charge in [-0.3, -0.25) is 4.68 Å². The summed E-state index contributed by atoms with van der Waals surface area (Å²) < 4.78 is 35.8. The van der Waals surface area contributed by atoms with Crippen molar-refractivity contribution in [1.82, 2.24) is 19.7 Å². The summed E-state index contributed by atoms with van der Waals surface area (Å²) in [5.74, 6) is -1.21. The summed E-state index contributed by atoms with van der Waals surface area (Å²) >= 11 is 0. The first kappa shape index (κ1) is 18.8. The van der Waals surface area contributed by atoms with Crippen molar-refractivity contribution >= 4 is 10.9 Å². The predicted molar refractivity (Wildman–Crippen MR) is 104 cm³/mol. The first-order valence-electron chi connectivity index (χ1n) is 9.07. The molecule has 2 aromatic heterocycles. The van der Waals surface area contributed by atoms with Gasteiger partial charge in [0.05, 0.1) is 18.7 Å². The van der Waals surface area contributed by atoms with Gasteiger partial charge >= 0.3 is 0 Å². The van der Waals surface area contributed by atoms with Gasteiger partial charge in [-0.15, -0.1) is 0 Å². The first-order chi connectivity index (χ1) is 14.0. The zero-order valence-electron chi connectivity index (χ0n) is 15.9. The second-order valence-electron chi connectivity index (χ2n) is 6.51. The van der Waals surface area contributed by atoms with Gasteiger partial charge in [0, 0.05) is 34.8 Å². The van der Waals surface area contributed by atoms with Crippen LogP contribution in [0.1, 0.15) is 18.2 Å². The second kappa shape index (κ2) is 7.46. The summed E-state index contributed by atoms with van der Waals surface area (Å²) in [4.78, 5) is 8.38. The van der Waals surface area contributed by atoms with Crippen molar-refractivity contribution in [3.05, 3.63) is 65.4 Å². The zero-order valence-corrected chi connectivity index (χ0v) is 15.9. The van der Waals surface area contributed by atoms with E-state index in [9.17, 15) is 13.9 Å². The van der Waals surface area contributed by atoms with Crippen molar-refractivity contribution in [2.75, 3.05) is 6.61 Å². The van der Waals surface area contributed by atoms with Crippen LogP contribution in [-0.2, 0) is 6.54 Å². The molecule has 6 nitrogen and oxygen atoms in total. The maximum atomic E-state index is 14.5. The lowest BCUT2D eigenvalue weighted by molar-refractivity contribution is 0.335. The highest BCUT2D eigenvalue weighted by molar-refractivity contribution is 5.91. The highest BCUT2D eigenvalue weighted by Crippen LogP contribution is 2.29. The number of aromatic hydroxyl groups is 1. The van der Waals surface area contributed by atoms with Crippen molar-refractivity contribution in [2.24, 2.45) is 0 Å². The van der Waals surface area contributed by atoms with Crippen molar-refractivity contribution < 1.29 is 18.6 Å². The number of para-hydroxylation sites is 1. The molecular formula is C21H18F2N4O2. The molecule has 0 aliphatic rings. The van der Waals surface area contributed by atoms with Gasteiger partial charge < -0.3 is 9.84 Å². The Morgan fingerprint density at radius 1 is 1.07 bits per heavy atom. The molecule has 29 heavy (non-hydrogen) atoms. The molecule has 8 heteroatoms. The van der Waals surface area contributed by atoms with E-state index in [0.29, 0.717) is 28.9 Å². The summed E-state index contributed by atoms with van der Waals surface area (Å²) in [6, 6.07) is 11.0. The van der Waals surface area contributed by atoms with Gasteiger partial charge in [0.15, 0.2) is 5.82 Å². The Morgan fingerprint density at radius 3 is 2.48 bits per heavy atom. The Kier molecular flexibility index (Phi) is 4.84. The van der Waals surface area contributed by atoms with Gasteiger partial charge in [-0.25, -0.2) is 13.8 Å². The zero-order chi connectivity index (χ0) is 20.5. The fraction of sp³-hybridized carbons (Fsp3) is 0.190. The molecule has 2 aromatic carbocycles. The molecule has 0 aliphatic heterocycles. The van der Waals surface area contributed by atoms with Crippen LogP contribution < -0.4 is 4.74 Å². The molecule has 4 aromatic rings. The monoisotopic (exact) mass is 396 g/mol. The van der Waals surface area contributed by atoms with E-state index in [1.54, 1.807) is 19.9 Å². The van der Waals surface area contributed by atoms with Crippen LogP contribution in [-0.4, -0.2) is 31.5 Å². The van der Waals surface area contributed by atoms with Crippen LogP contribution in [0.5, 0.6) is 11.6 Å². The van der Waals surface area contributed by atoms with Gasteiger partial charge in [0.25, 0.3) is 0 Å². The fourth-order valence-corrected chi connectivity index (χ4v) is 3.20. The van der Waals surface area contributed by atoms with Crippen molar-refractivity contribution in [3.8, 4) is 23.1 Å². The Labute approximate surface area is 165 Å². The van der Waals surface area contributed by atoms with Crippen LogP contribution in [0.4, 0.5) is 8.78 Å². The van der Waals surface area contributed by atoms with Crippen LogP contribution in [0.25, 0.3) is 22.4 Å². The summed E-state index contributed by atoms with van der Waals surface area (Å²) in [6.45, 7) is 3.66. The lowest BCUT2D eigenvalue weighted by Gasteiger charge is -2.09. The van der Waals surface area contributed by atoms with E-state index in [1.165, 1.54) is 10.7 Å². The molecule has 0 radical (unpaired) electrons. The van der Waals surface area contributed by atoms with Crippen molar-refractivity contribution in [3.63, 3.8) is 0 Å². The minimum Gasteiger partial charge on any atom is -0.494 e. The standard InChI is InChI=1S/C21H18F2N4O2/c1-3-29-13-9-16(22)15(17(23)10-13)11-27-18-7-5-4-6-14(18)20(26-27)21-24-12(2)8-19(28)25-21/h4-10H,3,11H2,1-2H3,(H,24,25,28). The van der Waals surface area contributed by atoms with Crippen LogP contribution in [0.3, 0.4) is 0 Å². The summed E-state index contributed by atoms with van der Waals surface area (Å²) in [7, 11) is 0. The molecule has 0 bridgehead atoms. The minimum absolute atomic E-state index is 0.123. The molecule has 0 atom stereocenters. The third kappa shape index (κ3) is 3.61. The Hall–Kier alpha value is -3.55. The lowest BCUT2D eigenvalue weighted by Crippen LogP contribution is -2.07. The van der Waals surface area contributed by atoms with Crippen LogP contribution in [0.15, 0.2) is 42.5 Å². The van der Waals surface area contributed by atoms with Gasteiger partial charge in [-0.05, 0) is 19.9 Å². The number of nitrogens with zero attached hydrogens (tertiary/aromatic N) is 4. The average Bonchev–Trinajstić information content (AvgIpc) is 3.03. The largest absolute Gasteiger partial charge is 0.494 e. The maximum Gasteiger partial charge on any atom is 0.214 e. The third-order valence-electron chi connectivity index (χ3n) is 4.44. The van der Waals surface area contributed by atoms with E-state index in [1.807, 2.05) is 18.2 Å². The number of halogens is 2. The van der Waals surface area contributed by atoms with E-state index in [2.05, 4.69) is 15.1 Å². The quantitative estimate of drug-likeness (QED) is 0.546. The van der Waals surface area contributed by atoms with Gasteiger partial charge in [-0.2, -0.15) is 10.1 Å². The normalized spacial score (nSPS) is 11.2. The number of fused-ring (bicyclic) bond motifs is 1. The molecule has 0 amide bonds. The van der Waals surface area contributed by atoms with E-state index < -0.39 is 11.6 Å². The molecule has 148 valence electrons. The third-order valence-corrected chi connectivity index (χ3v) is 4.44. The Balaban J connectivity index is 1.82. The van der Waals surface area contributed by atoms with Crippen LogP contribution >= 0.6 is 0 Å². The molecule has 0 fully saturated rings. The number of aromatic nitrogens is 4. The molecule has 4 rings (SSSR count). The lowest BCUT2D eigenvalue weighted by atomic mass is 10.1. The predicted octanol–water partition coefficient (Wildman–Crippen LogP) is 4.23. The maximum absolute atomic E-state index is 14.5. The smallest absolute Gasteiger partial charge is 0.214 e. The number of aryl methyl sites for hydroxylation is 1. The molecule has 0 aliphatic carbocycles. The average molecular weight is 396 g/mol. The molecule has 1 N–H and O–H groups in total. The highest BCUT2D eigenvalue weighted by Gasteiger charge is 2.19. The highest BCUT2D eigenvalue weighted by atomic mass is 19.1. The number of hydrogen-bond donors (Lipinski definition) is 1. The van der Waals surface area contributed by atoms with Crippen LogP contribution in [0.2, 0.25) is 0 Å². The molecule has 0 unspecified atom stereocenters. The van der Waals surface area contributed by atoms with Crippen molar-refractivity contribution in [2.45, 2.75) is 20.4 Å². The summed E-state index contributed by atoms with van der Waals surface area (Å²) in [5.41, 5.74) is 1.54. The first-order valence-corrected chi connectivity index (χ1v) is 9.07. The van der Waals surface area contributed by atoms with Gasteiger partial charge in [0.2, 0.25) is 5.88 Å². The topological polar surface area (TPSA) is 73.1 Å². The molecular weight excluding hydrogens is 378 g/mol. The van der Waals surface area contributed by atoms with Crippen molar-refractivity contribution in [1.29, 1.82) is 0 Å². The number of ether oxygens (including phenoxy) is 1. The van der Waals surface area contributed by atoms with E-state index in [0.717, 1.165) is 12.1 Å². The Morgan fingerprint density at radius 2 is 1.79 bits per heavy atom. The minimum atomic E-state index is -0.709. The van der Waals surface area contributed by atoms with E-state index >= 15 is 0 Å². The SMILES string of the molecule is CCOc1cc(F)c(Cn2nc(-c3nc(C)cc(O)n3)c3ccccc32)c(F)c1.